The fourth-order valence-electron chi connectivity index (χ4n) is 3.91. The topological polar surface area (TPSA) is 70.5 Å². The molecule has 1 aliphatic carbocycles. The Morgan fingerprint density at radius 2 is 1.12 bits per heavy atom. The molecule has 0 unspecified atom stereocenters. The van der Waals surface area contributed by atoms with E-state index in [-0.39, 0.29) is 5.41 Å². The fraction of sp³-hybridized carbons (Fsp3) is 0.400. The molecule has 0 spiro atoms. The van der Waals surface area contributed by atoms with Crippen LogP contribution in [0.4, 0.5) is 0 Å². The Bertz CT molecular complexity index is 653. The summed E-state index contributed by atoms with van der Waals surface area (Å²) in [6, 6.07) is 16.4. The van der Waals surface area contributed by atoms with Crippen molar-refractivity contribution in [2.45, 2.75) is 36.8 Å². The number of nitrogens with two attached hydrogens (primary N) is 2. The van der Waals surface area contributed by atoms with Crippen LogP contribution in [0.25, 0.3) is 0 Å². The van der Waals surface area contributed by atoms with Crippen molar-refractivity contribution in [1.29, 1.82) is 0 Å². The van der Waals surface area contributed by atoms with Crippen LogP contribution >= 0.6 is 0 Å². The van der Waals surface area contributed by atoms with Crippen molar-refractivity contribution in [3.63, 3.8) is 0 Å². The molecule has 4 nitrogen and oxygen atoms in total. The molecule has 1 aliphatic rings. The molecular weight excluding hydrogens is 300 g/mol. The summed E-state index contributed by atoms with van der Waals surface area (Å²) in [5.41, 5.74) is 14.0. The molecule has 0 saturated heterocycles. The number of hydrogen-bond acceptors (Lipinski definition) is 4. The maximum atomic E-state index is 6.21. The van der Waals surface area contributed by atoms with Crippen LogP contribution in [0.1, 0.15) is 36.8 Å². The van der Waals surface area contributed by atoms with Crippen LogP contribution in [-0.4, -0.2) is 19.9 Å². The van der Waals surface area contributed by atoms with Gasteiger partial charge in [0.05, 0.1) is 19.9 Å². The summed E-state index contributed by atoms with van der Waals surface area (Å²) in [4.78, 5) is 0. The smallest absolute Gasteiger partial charge is 0.122 e. The van der Waals surface area contributed by atoms with Crippen LogP contribution in [0.15, 0.2) is 48.5 Å². The first kappa shape index (κ1) is 16.8. The van der Waals surface area contributed by atoms with Gasteiger partial charge < -0.3 is 20.9 Å². The van der Waals surface area contributed by atoms with Gasteiger partial charge in [-0.1, -0.05) is 36.4 Å². The van der Waals surface area contributed by atoms with Gasteiger partial charge in [0, 0.05) is 16.5 Å². The van der Waals surface area contributed by atoms with E-state index in [1.165, 1.54) is 11.1 Å². The summed E-state index contributed by atoms with van der Waals surface area (Å²) in [5, 5.41) is 0. The molecule has 0 aliphatic heterocycles. The molecule has 24 heavy (non-hydrogen) atoms. The Balaban J connectivity index is 2.19. The third-order valence-corrected chi connectivity index (χ3v) is 5.28. The van der Waals surface area contributed by atoms with Crippen molar-refractivity contribution in [3.8, 4) is 11.5 Å². The van der Waals surface area contributed by atoms with Gasteiger partial charge in [0.15, 0.2) is 0 Å². The van der Waals surface area contributed by atoms with Crippen molar-refractivity contribution >= 4 is 0 Å². The highest BCUT2D eigenvalue weighted by atomic mass is 16.5. The molecule has 0 amide bonds. The first-order valence-corrected chi connectivity index (χ1v) is 8.37. The van der Waals surface area contributed by atoms with E-state index in [1.54, 1.807) is 14.2 Å². The van der Waals surface area contributed by atoms with E-state index < -0.39 is 5.66 Å². The first-order chi connectivity index (χ1) is 11.5. The number of benzene rings is 2. The van der Waals surface area contributed by atoms with Crippen LogP contribution < -0.4 is 20.9 Å². The van der Waals surface area contributed by atoms with Gasteiger partial charge in [-0.25, -0.2) is 0 Å². The number of methoxy groups -OCH3 is 2. The Kier molecular flexibility index (Phi) is 4.52. The largest absolute Gasteiger partial charge is 0.496 e. The minimum atomic E-state index is -0.604. The lowest BCUT2D eigenvalue weighted by Crippen LogP contribution is -2.54. The quantitative estimate of drug-likeness (QED) is 0.847. The number of rotatable bonds is 4. The second kappa shape index (κ2) is 6.46. The molecule has 3 rings (SSSR count). The van der Waals surface area contributed by atoms with Gasteiger partial charge in [-0.15, -0.1) is 0 Å². The molecule has 0 heterocycles. The van der Waals surface area contributed by atoms with Crippen LogP contribution in [-0.2, 0) is 5.41 Å². The Hall–Kier alpha value is -2.04. The molecule has 2 aromatic carbocycles. The van der Waals surface area contributed by atoms with Gasteiger partial charge in [0.1, 0.15) is 11.5 Å². The third kappa shape index (κ3) is 2.87. The Morgan fingerprint density at radius 3 is 1.54 bits per heavy atom. The summed E-state index contributed by atoms with van der Waals surface area (Å²) in [6.07, 6.45) is 3.23. The summed E-state index contributed by atoms with van der Waals surface area (Å²) < 4.78 is 11.3. The number of para-hydroxylation sites is 2. The maximum Gasteiger partial charge on any atom is 0.122 e. The van der Waals surface area contributed by atoms with Crippen molar-refractivity contribution in [2.75, 3.05) is 14.2 Å². The summed E-state index contributed by atoms with van der Waals surface area (Å²) >= 11 is 0. The van der Waals surface area contributed by atoms with Crippen LogP contribution in [0.2, 0.25) is 0 Å². The summed E-state index contributed by atoms with van der Waals surface area (Å²) in [7, 11) is 3.43. The minimum Gasteiger partial charge on any atom is -0.496 e. The molecule has 0 bridgehead atoms. The summed E-state index contributed by atoms with van der Waals surface area (Å²) in [5.74, 6) is 1.79. The lowest BCUT2D eigenvalue weighted by Gasteiger charge is -2.44. The zero-order valence-corrected chi connectivity index (χ0v) is 14.4. The zero-order valence-electron chi connectivity index (χ0n) is 14.4. The molecular formula is C20H26N2O2. The van der Waals surface area contributed by atoms with E-state index in [2.05, 4.69) is 24.3 Å². The van der Waals surface area contributed by atoms with E-state index in [0.29, 0.717) is 0 Å². The minimum absolute atomic E-state index is 0.207. The van der Waals surface area contributed by atoms with Crippen molar-refractivity contribution in [1.82, 2.24) is 0 Å². The molecule has 1 fully saturated rings. The predicted molar refractivity (Wildman–Crippen MR) is 96.3 cm³/mol. The standard InChI is InChI=1S/C20H26N2O2/c1-23-17-9-5-3-7-15(17)19(11-13-20(21,22)14-12-19)16-8-4-6-10-18(16)24-2/h3-10H,11-14,21-22H2,1-2H3. The van der Waals surface area contributed by atoms with E-state index in [0.717, 1.165) is 37.2 Å². The average molecular weight is 326 g/mol. The van der Waals surface area contributed by atoms with Gasteiger partial charge in [-0.05, 0) is 37.8 Å². The lowest BCUT2D eigenvalue weighted by molar-refractivity contribution is 0.224. The van der Waals surface area contributed by atoms with Gasteiger partial charge in [-0.2, -0.15) is 0 Å². The van der Waals surface area contributed by atoms with E-state index >= 15 is 0 Å². The van der Waals surface area contributed by atoms with Gasteiger partial charge in [0.25, 0.3) is 0 Å². The molecule has 0 atom stereocenters. The van der Waals surface area contributed by atoms with E-state index in [4.69, 9.17) is 20.9 Å². The highest BCUT2D eigenvalue weighted by molar-refractivity contribution is 5.52. The maximum absolute atomic E-state index is 6.21. The molecule has 2 aromatic rings. The molecule has 1 saturated carbocycles. The van der Waals surface area contributed by atoms with E-state index in [1.807, 2.05) is 24.3 Å². The van der Waals surface area contributed by atoms with Crippen LogP contribution in [0.5, 0.6) is 11.5 Å². The Labute approximate surface area is 143 Å². The van der Waals surface area contributed by atoms with Crippen molar-refractivity contribution in [3.05, 3.63) is 59.7 Å². The lowest BCUT2D eigenvalue weighted by atomic mass is 9.62. The van der Waals surface area contributed by atoms with Gasteiger partial charge in [-0.3, -0.25) is 0 Å². The van der Waals surface area contributed by atoms with Gasteiger partial charge in [0.2, 0.25) is 0 Å². The van der Waals surface area contributed by atoms with Gasteiger partial charge >= 0.3 is 0 Å². The fourth-order valence-corrected chi connectivity index (χ4v) is 3.91. The highest BCUT2D eigenvalue weighted by Gasteiger charge is 2.44. The SMILES string of the molecule is COc1ccccc1C1(c2ccccc2OC)CCC(N)(N)CC1. The van der Waals surface area contributed by atoms with Crippen LogP contribution in [0.3, 0.4) is 0 Å². The molecule has 0 radical (unpaired) electrons. The van der Waals surface area contributed by atoms with Crippen molar-refractivity contribution in [2.24, 2.45) is 11.5 Å². The number of ether oxygens (including phenoxy) is 2. The number of hydrogen-bond donors (Lipinski definition) is 2. The molecule has 4 N–H and O–H groups in total. The molecule has 4 heteroatoms. The Morgan fingerprint density at radius 1 is 0.708 bits per heavy atom. The predicted octanol–water partition coefficient (Wildman–Crippen LogP) is 3.18. The highest BCUT2D eigenvalue weighted by Crippen LogP contribution is 2.51. The second-order valence-corrected chi connectivity index (χ2v) is 6.72. The normalized spacial score (nSPS) is 18.8. The van der Waals surface area contributed by atoms with E-state index in [9.17, 15) is 0 Å². The van der Waals surface area contributed by atoms with Crippen LogP contribution in [0, 0.1) is 0 Å². The molecule has 128 valence electrons. The summed E-state index contributed by atoms with van der Waals surface area (Å²) in [6.45, 7) is 0. The molecule has 0 aromatic heterocycles. The monoisotopic (exact) mass is 326 g/mol. The average Bonchev–Trinajstić information content (AvgIpc) is 2.62. The second-order valence-electron chi connectivity index (χ2n) is 6.72. The van der Waals surface area contributed by atoms with Crippen molar-refractivity contribution < 1.29 is 9.47 Å². The first-order valence-electron chi connectivity index (χ1n) is 8.37. The zero-order chi connectivity index (χ0) is 17.2. The third-order valence-electron chi connectivity index (χ3n) is 5.28.